The Kier molecular flexibility index (Phi) is 5.56. The third kappa shape index (κ3) is 4.21. The highest BCUT2D eigenvalue weighted by Crippen LogP contribution is 2.16. The minimum Gasteiger partial charge on any atom is -0.496 e. The zero-order valence-corrected chi connectivity index (χ0v) is 13.4. The molecule has 0 saturated carbocycles. The number of amides is 3. The fourth-order valence-corrected chi connectivity index (χ4v) is 2.47. The van der Waals surface area contributed by atoms with Gasteiger partial charge >= 0.3 is 11.8 Å². The summed E-state index contributed by atoms with van der Waals surface area (Å²) in [7, 11) is 1.56. The number of methoxy groups -OCH3 is 1. The van der Waals surface area contributed by atoms with Gasteiger partial charge in [-0.05, 0) is 6.07 Å². The predicted molar refractivity (Wildman–Crippen MR) is 83.7 cm³/mol. The van der Waals surface area contributed by atoms with E-state index >= 15 is 0 Å². The second-order valence-corrected chi connectivity index (χ2v) is 5.29. The molecule has 0 radical (unpaired) electrons. The molecule has 7 heteroatoms. The quantitative estimate of drug-likeness (QED) is 0.796. The molecule has 1 aromatic carbocycles. The number of piperazine rings is 1. The molecule has 7 nitrogen and oxygen atoms in total. The van der Waals surface area contributed by atoms with Gasteiger partial charge in [-0.3, -0.25) is 14.4 Å². The molecule has 23 heavy (non-hydrogen) atoms. The van der Waals surface area contributed by atoms with E-state index in [0.717, 1.165) is 5.56 Å². The summed E-state index contributed by atoms with van der Waals surface area (Å²) in [6.07, 6.45) is 0. The minimum atomic E-state index is -0.646. The first-order chi connectivity index (χ1) is 11.0. The lowest BCUT2D eigenvalue weighted by Gasteiger charge is -2.33. The Hall–Kier alpha value is -2.57. The van der Waals surface area contributed by atoms with E-state index in [1.807, 2.05) is 18.2 Å². The summed E-state index contributed by atoms with van der Waals surface area (Å²) in [6, 6.07) is 7.30. The van der Waals surface area contributed by atoms with Crippen LogP contribution in [-0.4, -0.2) is 60.8 Å². The highest BCUT2D eigenvalue weighted by Gasteiger charge is 2.26. The molecule has 0 aromatic heterocycles. The van der Waals surface area contributed by atoms with Gasteiger partial charge in [-0.2, -0.15) is 0 Å². The minimum absolute atomic E-state index is 0.0160. The zero-order valence-electron chi connectivity index (χ0n) is 13.4. The first-order valence-electron chi connectivity index (χ1n) is 7.47. The van der Waals surface area contributed by atoms with E-state index in [1.165, 1.54) is 11.8 Å². The van der Waals surface area contributed by atoms with Crippen LogP contribution in [-0.2, 0) is 20.9 Å². The van der Waals surface area contributed by atoms with E-state index in [9.17, 15) is 14.4 Å². The third-order valence-corrected chi connectivity index (χ3v) is 3.84. The first kappa shape index (κ1) is 16.8. The van der Waals surface area contributed by atoms with Crippen molar-refractivity contribution in [1.82, 2.24) is 15.1 Å². The summed E-state index contributed by atoms with van der Waals surface area (Å²) in [5.74, 6) is -0.566. The molecular weight excluding hydrogens is 298 g/mol. The number of hydrogen-bond donors (Lipinski definition) is 1. The van der Waals surface area contributed by atoms with Crippen molar-refractivity contribution in [3.8, 4) is 5.75 Å². The van der Waals surface area contributed by atoms with Crippen molar-refractivity contribution >= 4 is 17.7 Å². The molecule has 1 heterocycles. The fourth-order valence-electron chi connectivity index (χ4n) is 2.47. The monoisotopic (exact) mass is 319 g/mol. The highest BCUT2D eigenvalue weighted by molar-refractivity contribution is 6.35. The van der Waals surface area contributed by atoms with E-state index in [4.69, 9.17) is 4.74 Å². The molecule has 0 unspecified atom stereocenters. The maximum Gasteiger partial charge on any atom is 0.312 e. The van der Waals surface area contributed by atoms with E-state index in [-0.39, 0.29) is 12.5 Å². The van der Waals surface area contributed by atoms with Gasteiger partial charge in [-0.25, -0.2) is 0 Å². The summed E-state index contributed by atoms with van der Waals surface area (Å²) in [5, 5.41) is 2.61. The lowest BCUT2D eigenvalue weighted by atomic mass is 10.2. The van der Waals surface area contributed by atoms with Crippen molar-refractivity contribution in [1.29, 1.82) is 0 Å². The smallest absolute Gasteiger partial charge is 0.312 e. The first-order valence-corrected chi connectivity index (χ1v) is 7.47. The summed E-state index contributed by atoms with van der Waals surface area (Å²) >= 11 is 0. The average Bonchev–Trinajstić information content (AvgIpc) is 2.59. The Bertz CT molecular complexity index is 595. The van der Waals surface area contributed by atoms with Gasteiger partial charge in [0.15, 0.2) is 0 Å². The molecule has 2 rings (SSSR count). The van der Waals surface area contributed by atoms with Crippen LogP contribution in [0.2, 0.25) is 0 Å². The van der Waals surface area contributed by atoms with Crippen LogP contribution in [0.5, 0.6) is 5.75 Å². The molecule has 1 saturated heterocycles. The maximum atomic E-state index is 12.1. The topological polar surface area (TPSA) is 79.0 Å². The normalized spacial score (nSPS) is 14.3. The Balaban J connectivity index is 1.86. The van der Waals surface area contributed by atoms with Gasteiger partial charge in [0.05, 0.1) is 7.11 Å². The van der Waals surface area contributed by atoms with Gasteiger partial charge in [0, 0.05) is 45.2 Å². The van der Waals surface area contributed by atoms with Crippen LogP contribution in [0.3, 0.4) is 0 Å². The zero-order chi connectivity index (χ0) is 16.8. The molecule has 0 bridgehead atoms. The van der Waals surface area contributed by atoms with E-state index in [1.54, 1.807) is 18.1 Å². The van der Waals surface area contributed by atoms with Crippen LogP contribution in [0.15, 0.2) is 24.3 Å². The molecule has 0 aliphatic carbocycles. The number of benzene rings is 1. The Labute approximate surface area is 135 Å². The molecule has 124 valence electrons. The number of hydrogen-bond acceptors (Lipinski definition) is 4. The second-order valence-electron chi connectivity index (χ2n) is 5.29. The van der Waals surface area contributed by atoms with E-state index in [0.29, 0.717) is 31.9 Å². The predicted octanol–water partition coefficient (Wildman–Crippen LogP) is 0.00210. The van der Waals surface area contributed by atoms with Crippen LogP contribution in [0.25, 0.3) is 0 Å². The van der Waals surface area contributed by atoms with Crippen LogP contribution in [0, 0.1) is 0 Å². The largest absolute Gasteiger partial charge is 0.496 e. The van der Waals surface area contributed by atoms with Crippen molar-refractivity contribution in [3.05, 3.63) is 29.8 Å². The van der Waals surface area contributed by atoms with Gasteiger partial charge in [0.25, 0.3) is 0 Å². The standard InChI is InChI=1S/C16H21N3O4/c1-12(20)18-7-9-19(10-8-18)16(22)15(21)17-11-13-5-3-4-6-14(13)23-2/h3-6H,7-11H2,1-2H3,(H,17,21). The lowest BCUT2D eigenvalue weighted by Crippen LogP contribution is -2.53. The summed E-state index contributed by atoms with van der Waals surface area (Å²) < 4.78 is 5.20. The number of rotatable bonds is 3. The number of nitrogens with zero attached hydrogens (tertiary/aromatic N) is 2. The van der Waals surface area contributed by atoms with Crippen LogP contribution < -0.4 is 10.1 Å². The van der Waals surface area contributed by atoms with Gasteiger partial charge in [0.2, 0.25) is 5.91 Å². The average molecular weight is 319 g/mol. The number of carbonyl (C=O) groups excluding carboxylic acids is 3. The number of carbonyl (C=O) groups is 3. The molecule has 0 atom stereocenters. The molecule has 1 aromatic rings. The summed E-state index contributed by atoms with van der Waals surface area (Å²) in [5.41, 5.74) is 0.803. The number of ether oxygens (including phenoxy) is 1. The maximum absolute atomic E-state index is 12.1. The SMILES string of the molecule is COc1ccccc1CNC(=O)C(=O)N1CCN(C(C)=O)CC1. The Morgan fingerprint density at radius 1 is 1.09 bits per heavy atom. The van der Waals surface area contributed by atoms with Crippen LogP contribution >= 0.6 is 0 Å². The molecule has 3 amide bonds. The Morgan fingerprint density at radius 2 is 1.70 bits per heavy atom. The van der Waals surface area contributed by atoms with E-state index < -0.39 is 11.8 Å². The van der Waals surface area contributed by atoms with Crippen LogP contribution in [0.1, 0.15) is 12.5 Å². The summed E-state index contributed by atoms with van der Waals surface area (Å²) in [4.78, 5) is 38.5. The highest BCUT2D eigenvalue weighted by atomic mass is 16.5. The van der Waals surface area contributed by atoms with Crippen molar-refractivity contribution in [3.63, 3.8) is 0 Å². The number of para-hydroxylation sites is 1. The molecule has 1 fully saturated rings. The van der Waals surface area contributed by atoms with Crippen molar-refractivity contribution in [2.75, 3.05) is 33.3 Å². The van der Waals surface area contributed by atoms with Crippen molar-refractivity contribution in [2.24, 2.45) is 0 Å². The van der Waals surface area contributed by atoms with Crippen LogP contribution in [0.4, 0.5) is 0 Å². The molecule has 0 spiro atoms. The van der Waals surface area contributed by atoms with Gasteiger partial charge < -0.3 is 19.9 Å². The van der Waals surface area contributed by atoms with E-state index in [2.05, 4.69) is 5.32 Å². The summed E-state index contributed by atoms with van der Waals surface area (Å²) in [6.45, 7) is 3.39. The second kappa shape index (κ2) is 7.62. The van der Waals surface area contributed by atoms with Crippen molar-refractivity contribution in [2.45, 2.75) is 13.5 Å². The van der Waals surface area contributed by atoms with Gasteiger partial charge in [-0.15, -0.1) is 0 Å². The lowest BCUT2D eigenvalue weighted by molar-refractivity contribution is -0.148. The molecule has 1 N–H and O–H groups in total. The molecule has 1 aliphatic heterocycles. The third-order valence-electron chi connectivity index (χ3n) is 3.84. The van der Waals surface area contributed by atoms with Gasteiger partial charge in [-0.1, -0.05) is 18.2 Å². The number of nitrogens with one attached hydrogen (secondary N) is 1. The van der Waals surface area contributed by atoms with Gasteiger partial charge in [0.1, 0.15) is 5.75 Å². The molecular formula is C16H21N3O4. The molecule has 1 aliphatic rings. The van der Waals surface area contributed by atoms with Crippen molar-refractivity contribution < 1.29 is 19.1 Å². The fraction of sp³-hybridized carbons (Fsp3) is 0.438. The Morgan fingerprint density at radius 3 is 2.30 bits per heavy atom.